The maximum atomic E-state index is 12.4. The van der Waals surface area contributed by atoms with Gasteiger partial charge in [-0.15, -0.1) is 0 Å². The minimum atomic E-state index is -0.437. The van der Waals surface area contributed by atoms with E-state index in [9.17, 15) is 9.59 Å². The van der Waals surface area contributed by atoms with Gasteiger partial charge in [0.25, 0.3) is 0 Å². The highest BCUT2D eigenvalue weighted by Crippen LogP contribution is 2.28. The highest BCUT2D eigenvalue weighted by atomic mass is 16.5. The average molecular weight is 349 g/mol. The Hall–Kier alpha value is -2.28. The quantitative estimate of drug-likeness (QED) is 0.765. The third kappa shape index (κ3) is 4.63. The van der Waals surface area contributed by atoms with Crippen LogP contribution in [-0.2, 0) is 16.1 Å². The van der Waals surface area contributed by atoms with Gasteiger partial charge < -0.3 is 20.1 Å². The first-order chi connectivity index (χ1) is 12.0. The van der Waals surface area contributed by atoms with Gasteiger partial charge in [0.2, 0.25) is 11.8 Å². The second-order valence-electron chi connectivity index (χ2n) is 6.26. The van der Waals surface area contributed by atoms with Gasteiger partial charge in [-0.05, 0) is 26.0 Å². The van der Waals surface area contributed by atoms with Gasteiger partial charge in [0.15, 0.2) is 0 Å². The van der Waals surface area contributed by atoms with Gasteiger partial charge in [-0.25, -0.2) is 0 Å². The number of carbonyl (C=O) groups excluding carboxylic acids is 2. The zero-order valence-corrected chi connectivity index (χ0v) is 15.3. The SMILES string of the molecule is COc1cccc(OC)c1CNC(=O)CC1C(=O)NCCN1C(C)C. The predicted octanol–water partition coefficient (Wildman–Crippen LogP) is 0.919. The molecule has 1 unspecified atom stereocenters. The number of hydrogen-bond acceptors (Lipinski definition) is 5. The first kappa shape index (κ1) is 19.1. The lowest BCUT2D eigenvalue weighted by molar-refractivity contribution is -0.134. The molecule has 7 heteroatoms. The van der Waals surface area contributed by atoms with E-state index in [-0.39, 0.29) is 30.8 Å². The Bertz CT molecular complexity index is 596. The van der Waals surface area contributed by atoms with Gasteiger partial charge in [-0.3, -0.25) is 14.5 Å². The van der Waals surface area contributed by atoms with Crippen LogP contribution >= 0.6 is 0 Å². The van der Waals surface area contributed by atoms with Gasteiger partial charge in [0, 0.05) is 19.1 Å². The molecule has 1 aliphatic rings. The van der Waals surface area contributed by atoms with Crippen molar-refractivity contribution in [2.45, 2.75) is 38.9 Å². The molecule has 1 saturated heterocycles. The summed E-state index contributed by atoms with van der Waals surface area (Å²) < 4.78 is 10.7. The summed E-state index contributed by atoms with van der Waals surface area (Å²) in [6.07, 6.45) is 0.126. The van der Waals surface area contributed by atoms with Crippen LogP contribution in [-0.4, -0.2) is 56.1 Å². The van der Waals surface area contributed by atoms with E-state index in [2.05, 4.69) is 15.5 Å². The number of amides is 2. The van der Waals surface area contributed by atoms with E-state index < -0.39 is 6.04 Å². The lowest BCUT2D eigenvalue weighted by Crippen LogP contribution is -2.58. The highest BCUT2D eigenvalue weighted by Gasteiger charge is 2.32. The monoisotopic (exact) mass is 349 g/mol. The summed E-state index contributed by atoms with van der Waals surface area (Å²) in [7, 11) is 3.15. The largest absolute Gasteiger partial charge is 0.496 e. The molecule has 0 aromatic heterocycles. The molecule has 1 fully saturated rings. The number of ether oxygens (including phenoxy) is 2. The fraction of sp³-hybridized carbons (Fsp3) is 0.556. The Morgan fingerprint density at radius 1 is 1.32 bits per heavy atom. The van der Waals surface area contributed by atoms with Crippen molar-refractivity contribution in [3.63, 3.8) is 0 Å². The molecular weight excluding hydrogens is 322 g/mol. The number of rotatable bonds is 7. The molecule has 7 nitrogen and oxygen atoms in total. The molecule has 0 aliphatic carbocycles. The lowest BCUT2D eigenvalue weighted by atomic mass is 10.1. The number of hydrogen-bond donors (Lipinski definition) is 2. The van der Waals surface area contributed by atoms with Crippen LogP contribution < -0.4 is 20.1 Å². The average Bonchev–Trinajstić information content (AvgIpc) is 2.60. The molecule has 1 aromatic rings. The normalized spacial score (nSPS) is 18.0. The minimum absolute atomic E-state index is 0.0926. The summed E-state index contributed by atoms with van der Waals surface area (Å²) in [4.78, 5) is 26.6. The third-order valence-electron chi connectivity index (χ3n) is 4.41. The molecule has 1 heterocycles. The van der Waals surface area contributed by atoms with Crippen LogP contribution in [0.4, 0.5) is 0 Å². The minimum Gasteiger partial charge on any atom is -0.496 e. The van der Waals surface area contributed by atoms with Crippen LogP contribution in [0, 0.1) is 0 Å². The zero-order chi connectivity index (χ0) is 18.4. The second-order valence-corrected chi connectivity index (χ2v) is 6.26. The van der Waals surface area contributed by atoms with Crippen LogP contribution in [0.5, 0.6) is 11.5 Å². The zero-order valence-electron chi connectivity index (χ0n) is 15.3. The fourth-order valence-corrected chi connectivity index (χ4v) is 3.10. The smallest absolute Gasteiger partial charge is 0.237 e. The van der Waals surface area contributed by atoms with E-state index >= 15 is 0 Å². The number of nitrogens with zero attached hydrogens (tertiary/aromatic N) is 1. The van der Waals surface area contributed by atoms with Crippen molar-refractivity contribution in [3.05, 3.63) is 23.8 Å². The summed E-state index contributed by atoms with van der Waals surface area (Å²) in [5, 5.41) is 5.70. The molecule has 25 heavy (non-hydrogen) atoms. The van der Waals surface area contributed by atoms with E-state index in [0.29, 0.717) is 18.0 Å². The van der Waals surface area contributed by atoms with Crippen LogP contribution in [0.2, 0.25) is 0 Å². The summed E-state index contributed by atoms with van der Waals surface area (Å²) in [5.74, 6) is 1.03. The summed E-state index contributed by atoms with van der Waals surface area (Å²) >= 11 is 0. The Labute approximate surface area is 148 Å². The van der Waals surface area contributed by atoms with Gasteiger partial charge in [0.05, 0.1) is 38.8 Å². The van der Waals surface area contributed by atoms with Crippen molar-refractivity contribution in [1.29, 1.82) is 0 Å². The van der Waals surface area contributed by atoms with Crippen molar-refractivity contribution in [2.24, 2.45) is 0 Å². The Balaban J connectivity index is 2.02. The van der Waals surface area contributed by atoms with Crippen molar-refractivity contribution < 1.29 is 19.1 Å². The van der Waals surface area contributed by atoms with E-state index in [1.807, 2.05) is 32.0 Å². The molecule has 0 radical (unpaired) electrons. The topological polar surface area (TPSA) is 79.9 Å². The number of benzene rings is 1. The maximum Gasteiger partial charge on any atom is 0.237 e. The summed E-state index contributed by atoms with van der Waals surface area (Å²) in [6.45, 7) is 5.71. The van der Waals surface area contributed by atoms with E-state index in [1.165, 1.54) is 0 Å². The van der Waals surface area contributed by atoms with Crippen molar-refractivity contribution >= 4 is 11.8 Å². The van der Waals surface area contributed by atoms with Crippen molar-refractivity contribution in [2.75, 3.05) is 27.3 Å². The molecule has 1 aromatic carbocycles. The van der Waals surface area contributed by atoms with E-state index in [1.54, 1.807) is 14.2 Å². The number of nitrogens with one attached hydrogen (secondary N) is 2. The molecule has 0 saturated carbocycles. The first-order valence-corrected chi connectivity index (χ1v) is 8.48. The molecule has 1 aliphatic heterocycles. The van der Waals surface area contributed by atoms with Crippen LogP contribution in [0.25, 0.3) is 0 Å². The van der Waals surface area contributed by atoms with Crippen LogP contribution in [0.15, 0.2) is 18.2 Å². The molecule has 2 amide bonds. The number of carbonyl (C=O) groups is 2. The van der Waals surface area contributed by atoms with Crippen LogP contribution in [0.1, 0.15) is 25.8 Å². The molecular formula is C18H27N3O4. The van der Waals surface area contributed by atoms with Crippen molar-refractivity contribution in [1.82, 2.24) is 15.5 Å². The number of piperazine rings is 1. The lowest BCUT2D eigenvalue weighted by Gasteiger charge is -2.37. The van der Waals surface area contributed by atoms with Gasteiger partial charge in [-0.2, -0.15) is 0 Å². The van der Waals surface area contributed by atoms with E-state index in [4.69, 9.17) is 9.47 Å². The molecule has 2 N–H and O–H groups in total. The standard InChI is InChI=1S/C18H27N3O4/c1-12(2)21-9-8-19-18(23)14(21)10-17(22)20-11-13-15(24-3)6-5-7-16(13)25-4/h5-7,12,14H,8-11H2,1-4H3,(H,19,23)(H,20,22). The van der Waals surface area contributed by atoms with E-state index in [0.717, 1.165) is 12.1 Å². The molecule has 0 spiro atoms. The maximum absolute atomic E-state index is 12.4. The molecule has 2 rings (SSSR count). The van der Waals surface area contributed by atoms with Gasteiger partial charge in [-0.1, -0.05) is 6.07 Å². The highest BCUT2D eigenvalue weighted by molar-refractivity contribution is 5.88. The summed E-state index contributed by atoms with van der Waals surface area (Å²) in [6, 6.07) is 5.24. The third-order valence-corrected chi connectivity index (χ3v) is 4.41. The Kier molecular flexibility index (Phi) is 6.64. The molecule has 1 atom stereocenters. The van der Waals surface area contributed by atoms with Crippen molar-refractivity contribution in [3.8, 4) is 11.5 Å². The Morgan fingerprint density at radius 2 is 1.96 bits per heavy atom. The predicted molar refractivity (Wildman–Crippen MR) is 94.6 cm³/mol. The molecule has 138 valence electrons. The second kappa shape index (κ2) is 8.71. The first-order valence-electron chi connectivity index (χ1n) is 8.48. The Morgan fingerprint density at radius 3 is 2.52 bits per heavy atom. The molecule has 0 bridgehead atoms. The van der Waals surface area contributed by atoms with Crippen LogP contribution in [0.3, 0.4) is 0 Å². The number of methoxy groups -OCH3 is 2. The summed E-state index contributed by atoms with van der Waals surface area (Å²) in [5.41, 5.74) is 0.773. The fourth-order valence-electron chi connectivity index (χ4n) is 3.10. The van der Waals surface area contributed by atoms with Gasteiger partial charge >= 0.3 is 0 Å². The van der Waals surface area contributed by atoms with Gasteiger partial charge in [0.1, 0.15) is 11.5 Å².